The molecule has 0 unspecified atom stereocenters. The van der Waals surface area contributed by atoms with Crippen LogP contribution in [-0.2, 0) is 18.4 Å². The molecule has 0 aliphatic rings. The van der Waals surface area contributed by atoms with E-state index in [-0.39, 0.29) is 25.1 Å². The molecule has 126 valence electrons. The van der Waals surface area contributed by atoms with Crippen molar-refractivity contribution in [1.29, 1.82) is 0 Å². The Balaban J connectivity index is 2.33. The molecular formula is C16H17N3O5. The molecule has 1 aromatic carbocycles. The van der Waals surface area contributed by atoms with Crippen molar-refractivity contribution in [3.63, 3.8) is 0 Å². The number of hydrogen-bond donors (Lipinski definition) is 2. The number of benzene rings is 1. The highest BCUT2D eigenvalue weighted by Crippen LogP contribution is 2.08. The Morgan fingerprint density at radius 2 is 1.88 bits per heavy atom. The fraction of sp³-hybridized carbons (Fsp3) is 0.250. The Morgan fingerprint density at radius 1 is 1.21 bits per heavy atom. The number of carboxylic acid groups (broad SMARTS) is 1. The van der Waals surface area contributed by atoms with Gasteiger partial charge in [-0.15, -0.1) is 0 Å². The number of rotatable bonds is 6. The van der Waals surface area contributed by atoms with Gasteiger partial charge in [0.05, 0.1) is 6.42 Å². The van der Waals surface area contributed by atoms with Crippen LogP contribution in [0.4, 0.5) is 0 Å². The number of aromatic amines is 1. The molecule has 0 aliphatic carbocycles. The number of hydrogen-bond acceptors (Lipinski definition) is 4. The molecule has 1 amide bonds. The van der Waals surface area contributed by atoms with Crippen LogP contribution < -0.4 is 11.2 Å². The number of carbonyl (C=O) groups is 2. The van der Waals surface area contributed by atoms with E-state index in [2.05, 4.69) is 4.98 Å². The summed E-state index contributed by atoms with van der Waals surface area (Å²) in [6, 6.07) is 9.02. The van der Waals surface area contributed by atoms with E-state index in [0.717, 1.165) is 16.3 Å². The molecule has 8 heteroatoms. The van der Waals surface area contributed by atoms with Gasteiger partial charge in [-0.1, -0.05) is 30.3 Å². The van der Waals surface area contributed by atoms with Crippen molar-refractivity contribution in [3.05, 3.63) is 68.5 Å². The van der Waals surface area contributed by atoms with Gasteiger partial charge in [-0.05, 0) is 5.56 Å². The quantitative estimate of drug-likeness (QED) is 0.785. The first-order chi connectivity index (χ1) is 11.4. The van der Waals surface area contributed by atoms with Crippen LogP contribution in [0.5, 0.6) is 0 Å². The molecule has 2 rings (SSSR count). The molecule has 8 nitrogen and oxygen atoms in total. The molecule has 0 spiro atoms. The lowest BCUT2D eigenvalue weighted by molar-refractivity contribution is -0.137. The molecule has 0 saturated heterocycles. The summed E-state index contributed by atoms with van der Waals surface area (Å²) in [5.41, 5.74) is -0.760. The van der Waals surface area contributed by atoms with E-state index < -0.39 is 23.1 Å². The maximum absolute atomic E-state index is 12.6. The highest BCUT2D eigenvalue weighted by Gasteiger charge is 2.21. The van der Waals surface area contributed by atoms with Crippen LogP contribution in [0.25, 0.3) is 0 Å². The number of aliphatic carboxylic acids is 1. The van der Waals surface area contributed by atoms with Crippen molar-refractivity contribution in [3.8, 4) is 0 Å². The first kappa shape index (κ1) is 17.2. The predicted octanol–water partition coefficient (Wildman–Crippen LogP) is 0.191. The van der Waals surface area contributed by atoms with Crippen molar-refractivity contribution in [2.45, 2.75) is 13.0 Å². The molecule has 2 aromatic rings. The van der Waals surface area contributed by atoms with Crippen molar-refractivity contribution in [2.75, 3.05) is 6.54 Å². The molecule has 1 heterocycles. The van der Waals surface area contributed by atoms with Gasteiger partial charge in [-0.25, -0.2) is 4.79 Å². The molecule has 0 atom stereocenters. The van der Waals surface area contributed by atoms with Gasteiger partial charge < -0.3 is 15.0 Å². The number of carbonyl (C=O) groups excluding carboxylic acids is 1. The van der Waals surface area contributed by atoms with Gasteiger partial charge in [0.2, 0.25) is 0 Å². The number of nitrogens with zero attached hydrogens (tertiary/aromatic N) is 2. The van der Waals surface area contributed by atoms with Crippen molar-refractivity contribution < 1.29 is 14.7 Å². The lowest BCUT2D eigenvalue weighted by Gasteiger charge is -2.22. The lowest BCUT2D eigenvalue weighted by atomic mass is 10.2. The van der Waals surface area contributed by atoms with E-state index in [1.54, 1.807) is 24.3 Å². The molecule has 0 fully saturated rings. The fourth-order valence-electron chi connectivity index (χ4n) is 2.18. The molecule has 0 aliphatic heterocycles. The largest absolute Gasteiger partial charge is 0.481 e. The van der Waals surface area contributed by atoms with Gasteiger partial charge >= 0.3 is 11.7 Å². The Labute approximate surface area is 137 Å². The average Bonchev–Trinajstić information content (AvgIpc) is 2.57. The Kier molecular flexibility index (Phi) is 5.31. The third-order valence-corrected chi connectivity index (χ3v) is 3.51. The number of carboxylic acids is 1. The van der Waals surface area contributed by atoms with Gasteiger partial charge in [0.1, 0.15) is 5.56 Å². The second-order valence-electron chi connectivity index (χ2n) is 5.23. The summed E-state index contributed by atoms with van der Waals surface area (Å²) in [7, 11) is 1.26. The fourth-order valence-corrected chi connectivity index (χ4v) is 2.18. The van der Waals surface area contributed by atoms with E-state index in [1.165, 1.54) is 11.9 Å². The SMILES string of the molecule is Cn1c(=O)[nH]cc(C(=O)N(CCC(=O)O)Cc2ccccc2)c1=O. The Morgan fingerprint density at radius 3 is 2.50 bits per heavy atom. The molecule has 0 saturated carbocycles. The van der Waals surface area contributed by atoms with Crippen LogP contribution >= 0.6 is 0 Å². The molecule has 1 aromatic heterocycles. The van der Waals surface area contributed by atoms with Crippen LogP contribution in [-0.4, -0.2) is 38.0 Å². The third-order valence-electron chi connectivity index (χ3n) is 3.51. The first-order valence-corrected chi connectivity index (χ1v) is 7.24. The smallest absolute Gasteiger partial charge is 0.328 e. The summed E-state index contributed by atoms with van der Waals surface area (Å²) in [4.78, 5) is 50.6. The van der Waals surface area contributed by atoms with Gasteiger partial charge in [0.25, 0.3) is 11.5 Å². The second-order valence-corrected chi connectivity index (χ2v) is 5.23. The van der Waals surface area contributed by atoms with Gasteiger partial charge in [-0.2, -0.15) is 0 Å². The third kappa shape index (κ3) is 3.97. The van der Waals surface area contributed by atoms with Crippen molar-refractivity contribution in [2.24, 2.45) is 7.05 Å². The molecule has 2 N–H and O–H groups in total. The summed E-state index contributed by atoms with van der Waals surface area (Å²) in [6.45, 7) is 0.112. The Hall–Kier alpha value is -3.16. The highest BCUT2D eigenvalue weighted by molar-refractivity contribution is 5.93. The van der Waals surface area contributed by atoms with E-state index >= 15 is 0 Å². The van der Waals surface area contributed by atoms with Crippen LogP contribution in [0.1, 0.15) is 22.3 Å². The average molecular weight is 331 g/mol. The van der Waals surface area contributed by atoms with Crippen LogP contribution in [0.3, 0.4) is 0 Å². The minimum Gasteiger partial charge on any atom is -0.481 e. The highest BCUT2D eigenvalue weighted by atomic mass is 16.4. The summed E-state index contributed by atoms with van der Waals surface area (Å²) >= 11 is 0. The number of amides is 1. The number of H-pyrrole nitrogens is 1. The minimum absolute atomic E-state index is 0.0503. The lowest BCUT2D eigenvalue weighted by Crippen LogP contribution is -2.41. The molecule has 24 heavy (non-hydrogen) atoms. The van der Waals surface area contributed by atoms with E-state index in [1.807, 2.05) is 6.07 Å². The Bertz CT molecular complexity index is 854. The normalized spacial score (nSPS) is 10.4. The first-order valence-electron chi connectivity index (χ1n) is 7.24. The van der Waals surface area contributed by atoms with Gasteiger partial charge in [-0.3, -0.25) is 19.0 Å². The van der Waals surface area contributed by atoms with Crippen molar-refractivity contribution in [1.82, 2.24) is 14.5 Å². The van der Waals surface area contributed by atoms with Crippen LogP contribution in [0.2, 0.25) is 0 Å². The number of aromatic nitrogens is 2. The molecular weight excluding hydrogens is 314 g/mol. The van der Waals surface area contributed by atoms with Crippen LogP contribution in [0.15, 0.2) is 46.1 Å². The van der Waals surface area contributed by atoms with Gasteiger partial charge in [0, 0.05) is 26.3 Å². The monoisotopic (exact) mass is 331 g/mol. The minimum atomic E-state index is -1.05. The number of nitrogens with one attached hydrogen (secondary N) is 1. The summed E-state index contributed by atoms with van der Waals surface area (Å²) < 4.78 is 0.797. The topological polar surface area (TPSA) is 112 Å². The zero-order chi connectivity index (χ0) is 17.7. The zero-order valence-corrected chi connectivity index (χ0v) is 13.1. The maximum atomic E-state index is 12.6. The second kappa shape index (κ2) is 7.40. The predicted molar refractivity (Wildman–Crippen MR) is 85.7 cm³/mol. The maximum Gasteiger partial charge on any atom is 0.328 e. The molecule has 0 radical (unpaired) electrons. The summed E-state index contributed by atoms with van der Waals surface area (Å²) in [6.07, 6.45) is 0.813. The zero-order valence-electron chi connectivity index (χ0n) is 13.1. The van der Waals surface area contributed by atoms with E-state index in [0.29, 0.717) is 0 Å². The molecule has 0 bridgehead atoms. The summed E-state index contributed by atoms with van der Waals surface area (Å²) in [5.74, 6) is -1.67. The van der Waals surface area contributed by atoms with Crippen molar-refractivity contribution >= 4 is 11.9 Å². The van der Waals surface area contributed by atoms with Crippen LogP contribution in [0, 0.1) is 0 Å². The van der Waals surface area contributed by atoms with E-state index in [4.69, 9.17) is 5.11 Å². The van der Waals surface area contributed by atoms with E-state index in [9.17, 15) is 19.2 Å². The van der Waals surface area contributed by atoms with Gasteiger partial charge in [0.15, 0.2) is 0 Å². The summed E-state index contributed by atoms with van der Waals surface area (Å²) in [5, 5.41) is 8.86. The standard InChI is InChI=1S/C16H17N3O5/c1-18-14(22)12(9-17-16(18)24)15(23)19(8-7-13(20)21)10-11-5-3-2-4-6-11/h2-6,9H,7-8,10H2,1H3,(H,17,24)(H,20,21).